The van der Waals surface area contributed by atoms with Crippen LogP contribution in [0.1, 0.15) is 64.3 Å². The van der Waals surface area contributed by atoms with Crippen molar-refractivity contribution in [1.82, 2.24) is 15.2 Å². The van der Waals surface area contributed by atoms with Gasteiger partial charge in [-0.2, -0.15) is 0 Å². The first kappa shape index (κ1) is 34.3. The summed E-state index contributed by atoms with van der Waals surface area (Å²) in [6, 6.07) is 24.1. The van der Waals surface area contributed by atoms with Crippen molar-refractivity contribution in [2.75, 3.05) is 11.4 Å². The van der Waals surface area contributed by atoms with Crippen LogP contribution in [-0.4, -0.2) is 56.7 Å². The number of rotatable bonds is 8. The molecule has 0 radical (unpaired) electrons. The Morgan fingerprint density at radius 2 is 1.56 bits per heavy atom. The van der Waals surface area contributed by atoms with Crippen molar-refractivity contribution in [3.8, 4) is 11.1 Å². The monoisotopic (exact) mass is 652 g/mol. The van der Waals surface area contributed by atoms with E-state index in [1.807, 2.05) is 79.7 Å². The van der Waals surface area contributed by atoms with Crippen molar-refractivity contribution in [2.45, 2.75) is 70.4 Å². The standard InChI is InChI=1S/C38H41FN4O5/c1-25(26-12-8-6-9-13-26)41-34(44)33(29-20-30(39)23-40-22-29)43(31-18-16-28(17-19-31)27-14-10-7-11-15-27)35(45)32-21-38(5,47)24-42(32)36(46)48-37(2,3)4/h6-20,22-23,25,32-33,47H,21,24H2,1-5H3,(H,41,44)/t25-,32+,33?,38+/m0/s1. The number of benzene rings is 3. The van der Waals surface area contributed by atoms with Crippen molar-refractivity contribution in [1.29, 1.82) is 0 Å². The largest absolute Gasteiger partial charge is 0.444 e. The van der Waals surface area contributed by atoms with Gasteiger partial charge in [0.1, 0.15) is 23.5 Å². The number of carbonyl (C=O) groups excluding carboxylic acids is 3. The van der Waals surface area contributed by atoms with Gasteiger partial charge in [-0.3, -0.25) is 24.4 Å². The van der Waals surface area contributed by atoms with Gasteiger partial charge in [0.05, 0.1) is 24.4 Å². The molecule has 4 aromatic rings. The van der Waals surface area contributed by atoms with Gasteiger partial charge in [0.15, 0.2) is 0 Å². The number of aromatic nitrogens is 1. The first-order chi connectivity index (χ1) is 22.7. The molecular weight excluding hydrogens is 611 g/mol. The van der Waals surface area contributed by atoms with Gasteiger partial charge >= 0.3 is 6.09 Å². The molecule has 0 aliphatic carbocycles. The van der Waals surface area contributed by atoms with Gasteiger partial charge in [-0.1, -0.05) is 72.8 Å². The molecule has 48 heavy (non-hydrogen) atoms. The number of halogens is 1. The summed E-state index contributed by atoms with van der Waals surface area (Å²) in [4.78, 5) is 49.2. The summed E-state index contributed by atoms with van der Waals surface area (Å²) in [7, 11) is 0. The van der Waals surface area contributed by atoms with Gasteiger partial charge in [0.25, 0.3) is 5.91 Å². The molecule has 10 heteroatoms. The molecule has 9 nitrogen and oxygen atoms in total. The second-order valence-corrected chi connectivity index (χ2v) is 13.4. The number of β-amino-alcohol motifs (C(OH)–C–C–N with tert-alkyl or cyclic N) is 1. The lowest BCUT2D eigenvalue weighted by Gasteiger charge is -2.36. The van der Waals surface area contributed by atoms with Crippen molar-refractivity contribution in [3.63, 3.8) is 0 Å². The number of anilines is 1. The average Bonchev–Trinajstić information content (AvgIpc) is 3.39. The lowest BCUT2D eigenvalue weighted by Crippen LogP contribution is -2.53. The molecule has 1 fully saturated rings. The fraction of sp³-hybridized carbons (Fsp3) is 0.316. The van der Waals surface area contributed by atoms with Gasteiger partial charge in [-0.15, -0.1) is 0 Å². The molecule has 0 spiro atoms. The lowest BCUT2D eigenvalue weighted by atomic mass is 9.98. The quantitative estimate of drug-likeness (QED) is 0.222. The van der Waals surface area contributed by atoms with E-state index in [0.29, 0.717) is 5.69 Å². The van der Waals surface area contributed by atoms with Crippen LogP contribution >= 0.6 is 0 Å². The van der Waals surface area contributed by atoms with E-state index < -0.39 is 53.1 Å². The molecule has 1 unspecified atom stereocenters. The van der Waals surface area contributed by atoms with E-state index in [-0.39, 0.29) is 18.5 Å². The summed E-state index contributed by atoms with van der Waals surface area (Å²) in [6.07, 6.45) is 1.48. The number of amides is 3. The molecule has 1 aliphatic heterocycles. The maximum absolute atomic E-state index is 14.9. The minimum atomic E-state index is -1.42. The van der Waals surface area contributed by atoms with Gasteiger partial charge < -0.3 is 15.2 Å². The Morgan fingerprint density at radius 1 is 0.958 bits per heavy atom. The highest BCUT2D eigenvalue weighted by Crippen LogP contribution is 2.36. The van der Waals surface area contributed by atoms with E-state index in [4.69, 9.17) is 4.74 Å². The molecule has 0 saturated carbocycles. The van der Waals surface area contributed by atoms with Crippen LogP contribution in [0.4, 0.5) is 14.9 Å². The predicted molar refractivity (Wildman–Crippen MR) is 181 cm³/mol. The van der Waals surface area contributed by atoms with Crippen LogP contribution in [-0.2, 0) is 14.3 Å². The zero-order chi connectivity index (χ0) is 34.6. The molecule has 2 N–H and O–H groups in total. The Morgan fingerprint density at radius 3 is 2.17 bits per heavy atom. The summed E-state index contributed by atoms with van der Waals surface area (Å²) < 4.78 is 20.4. The van der Waals surface area contributed by atoms with E-state index in [1.54, 1.807) is 39.8 Å². The average molecular weight is 653 g/mol. The molecule has 1 aliphatic rings. The Bertz CT molecular complexity index is 1740. The van der Waals surface area contributed by atoms with E-state index in [0.717, 1.165) is 22.9 Å². The highest BCUT2D eigenvalue weighted by Gasteiger charge is 2.50. The minimum absolute atomic E-state index is 0.111. The second kappa shape index (κ2) is 13.9. The second-order valence-electron chi connectivity index (χ2n) is 13.4. The van der Waals surface area contributed by atoms with Crippen molar-refractivity contribution < 1.29 is 28.6 Å². The molecule has 3 amide bonds. The third-order valence-corrected chi connectivity index (χ3v) is 8.13. The predicted octanol–water partition coefficient (Wildman–Crippen LogP) is 6.60. The number of hydrogen-bond donors (Lipinski definition) is 2. The number of pyridine rings is 1. The summed E-state index contributed by atoms with van der Waals surface area (Å²) >= 11 is 0. The number of ether oxygens (including phenoxy) is 1. The number of nitrogens with zero attached hydrogens (tertiary/aromatic N) is 3. The van der Waals surface area contributed by atoms with Gasteiger partial charge in [-0.05, 0) is 69.5 Å². The maximum atomic E-state index is 14.9. The molecule has 4 atom stereocenters. The Labute approximate surface area is 280 Å². The molecular formula is C38H41FN4O5. The number of likely N-dealkylation sites (tertiary alicyclic amines) is 1. The zero-order valence-electron chi connectivity index (χ0n) is 27.8. The summed E-state index contributed by atoms with van der Waals surface area (Å²) in [5.74, 6) is -1.93. The third-order valence-electron chi connectivity index (χ3n) is 8.13. The van der Waals surface area contributed by atoms with Crippen LogP contribution in [0.15, 0.2) is 103 Å². The molecule has 5 rings (SSSR count). The minimum Gasteiger partial charge on any atom is -0.444 e. The van der Waals surface area contributed by atoms with E-state index >= 15 is 0 Å². The van der Waals surface area contributed by atoms with Crippen LogP contribution in [0, 0.1) is 5.82 Å². The van der Waals surface area contributed by atoms with E-state index in [1.165, 1.54) is 22.1 Å². The topological polar surface area (TPSA) is 112 Å². The summed E-state index contributed by atoms with van der Waals surface area (Å²) in [5, 5.41) is 14.1. The van der Waals surface area contributed by atoms with Crippen molar-refractivity contribution in [2.24, 2.45) is 0 Å². The molecule has 1 saturated heterocycles. The first-order valence-corrected chi connectivity index (χ1v) is 15.9. The summed E-state index contributed by atoms with van der Waals surface area (Å²) in [5.41, 5.74) is 0.821. The molecule has 0 bridgehead atoms. The Kier molecular flexibility index (Phi) is 9.95. The number of carbonyl (C=O) groups is 3. The van der Waals surface area contributed by atoms with Gasteiger partial charge in [0.2, 0.25) is 5.91 Å². The Hall–Kier alpha value is -5.09. The maximum Gasteiger partial charge on any atom is 0.411 e. The SMILES string of the molecule is C[C@H](NC(=O)C(c1cncc(F)c1)N(C(=O)[C@H]1C[C@@](C)(O)CN1C(=O)OC(C)(C)C)c1ccc(-c2ccccc2)cc1)c1ccccc1. The fourth-order valence-corrected chi connectivity index (χ4v) is 5.92. The molecule has 3 aromatic carbocycles. The van der Waals surface area contributed by atoms with Crippen LogP contribution in [0.3, 0.4) is 0 Å². The van der Waals surface area contributed by atoms with Crippen LogP contribution in [0.2, 0.25) is 0 Å². The first-order valence-electron chi connectivity index (χ1n) is 15.9. The van der Waals surface area contributed by atoms with Gasteiger partial charge in [-0.25, -0.2) is 9.18 Å². The van der Waals surface area contributed by atoms with E-state index in [9.17, 15) is 23.9 Å². The number of nitrogens with one attached hydrogen (secondary N) is 1. The zero-order valence-corrected chi connectivity index (χ0v) is 27.8. The molecule has 250 valence electrons. The molecule has 2 heterocycles. The lowest BCUT2D eigenvalue weighted by molar-refractivity contribution is -0.129. The highest BCUT2D eigenvalue weighted by molar-refractivity contribution is 6.05. The Balaban J connectivity index is 1.63. The normalized spacial score (nSPS) is 18.9. The van der Waals surface area contributed by atoms with Crippen molar-refractivity contribution >= 4 is 23.6 Å². The van der Waals surface area contributed by atoms with Crippen LogP contribution in [0.5, 0.6) is 0 Å². The van der Waals surface area contributed by atoms with Crippen LogP contribution < -0.4 is 10.2 Å². The number of aliphatic hydroxyl groups is 1. The number of hydrogen-bond acceptors (Lipinski definition) is 6. The smallest absolute Gasteiger partial charge is 0.411 e. The third kappa shape index (κ3) is 8.06. The van der Waals surface area contributed by atoms with Gasteiger partial charge in [0, 0.05) is 23.9 Å². The van der Waals surface area contributed by atoms with E-state index in [2.05, 4.69) is 10.3 Å². The fourth-order valence-electron chi connectivity index (χ4n) is 5.92. The summed E-state index contributed by atoms with van der Waals surface area (Å²) in [6.45, 7) is 8.32. The van der Waals surface area contributed by atoms with Crippen molar-refractivity contribution in [3.05, 3.63) is 120 Å². The molecule has 1 aromatic heterocycles. The van der Waals surface area contributed by atoms with Crippen LogP contribution in [0.25, 0.3) is 11.1 Å². The highest BCUT2D eigenvalue weighted by atomic mass is 19.1.